The van der Waals surface area contributed by atoms with Gasteiger partial charge in [0.25, 0.3) is 0 Å². The van der Waals surface area contributed by atoms with Crippen molar-refractivity contribution in [2.45, 2.75) is 27.7 Å². The zero-order valence-corrected chi connectivity index (χ0v) is 13.8. The third-order valence-electron chi connectivity index (χ3n) is 4.19. The van der Waals surface area contributed by atoms with E-state index in [1.54, 1.807) is 0 Å². The van der Waals surface area contributed by atoms with Crippen LogP contribution in [0.25, 0.3) is 22.5 Å². The second-order valence-electron chi connectivity index (χ2n) is 5.88. The lowest BCUT2D eigenvalue weighted by Crippen LogP contribution is -1.99. The van der Waals surface area contributed by atoms with Gasteiger partial charge in [-0.15, -0.1) is 0 Å². The molecule has 0 amide bonds. The van der Waals surface area contributed by atoms with E-state index in [1.807, 2.05) is 26.4 Å². The molecule has 22 heavy (non-hydrogen) atoms. The second kappa shape index (κ2) is 5.41. The number of hydrogen-bond acceptors (Lipinski definition) is 2. The molecule has 0 unspecified atom stereocenters. The molecular formula is C19H21N3. The van der Waals surface area contributed by atoms with Gasteiger partial charge in [0.1, 0.15) is 5.82 Å². The van der Waals surface area contributed by atoms with Gasteiger partial charge < -0.3 is 4.57 Å². The summed E-state index contributed by atoms with van der Waals surface area (Å²) in [6.07, 6.45) is 3.82. The summed E-state index contributed by atoms with van der Waals surface area (Å²) in [6, 6.07) is 8.56. The van der Waals surface area contributed by atoms with Crippen molar-refractivity contribution in [2.75, 3.05) is 0 Å². The van der Waals surface area contributed by atoms with Crippen LogP contribution < -0.4 is 0 Å². The van der Waals surface area contributed by atoms with Crippen LogP contribution in [0.1, 0.15) is 22.5 Å². The summed E-state index contributed by atoms with van der Waals surface area (Å²) >= 11 is 0. The molecule has 1 aromatic carbocycles. The molecule has 0 aliphatic carbocycles. The molecule has 3 heteroatoms. The van der Waals surface area contributed by atoms with Crippen LogP contribution in [-0.2, 0) is 7.05 Å². The van der Waals surface area contributed by atoms with Crippen LogP contribution in [0.5, 0.6) is 0 Å². The van der Waals surface area contributed by atoms with Gasteiger partial charge >= 0.3 is 0 Å². The first kappa shape index (κ1) is 14.5. The van der Waals surface area contributed by atoms with Gasteiger partial charge in [-0.25, -0.2) is 4.98 Å². The molecule has 3 nitrogen and oxygen atoms in total. The molecule has 3 rings (SSSR count). The number of rotatable bonds is 2. The summed E-state index contributed by atoms with van der Waals surface area (Å²) in [5, 5.41) is 0. The molecule has 0 N–H and O–H groups in total. The standard InChI is InChI=1S/C19H21N3/c1-12-11-13(2)21-15(4)18(12)16-7-6-8-17(14(16)3)19-20-9-10-22(19)5/h6-11H,1-5H3. The molecule has 0 atom stereocenters. The van der Waals surface area contributed by atoms with Crippen LogP contribution in [0.4, 0.5) is 0 Å². The van der Waals surface area contributed by atoms with Gasteiger partial charge in [-0.1, -0.05) is 18.2 Å². The van der Waals surface area contributed by atoms with E-state index in [0.717, 1.165) is 17.2 Å². The van der Waals surface area contributed by atoms with E-state index in [2.05, 4.69) is 59.6 Å². The molecule has 0 bridgehead atoms. The first-order valence-electron chi connectivity index (χ1n) is 7.51. The average molecular weight is 291 g/mol. The van der Waals surface area contributed by atoms with Crippen molar-refractivity contribution < 1.29 is 0 Å². The fourth-order valence-corrected chi connectivity index (χ4v) is 3.20. The maximum Gasteiger partial charge on any atom is 0.139 e. The average Bonchev–Trinajstić information content (AvgIpc) is 2.86. The molecule has 112 valence electrons. The molecular weight excluding hydrogens is 270 g/mol. The van der Waals surface area contributed by atoms with E-state index in [1.165, 1.54) is 27.8 Å². The van der Waals surface area contributed by atoms with Crippen LogP contribution in [0.2, 0.25) is 0 Å². The maximum atomic E-state index is 4.64. The van der Waals surface area contributed by atoms with Gasteiger partial charge in [0.2, 0.25) is 0 Å². The van der Waals surface area contributed by atoms with Gasteiger partial charge in [0.15, 0.2) is 0 Å². The Morgan fingerprint density at radius 2 is 1.73 bits per heavy atom. The predicted molar refractivity (Wildman–Crippen MR) is 90.8 cm³/mol. The first-order chi connectivity index (χ1) is 10.5. The summed E-state index contributed by atoms with van der Waals surface area (Å²) < 4.78 is 2.05. The van der Waals surface area contributed by atoms with E-state index >= 15 is 0 Å². The lowest BCUT2D eigenvalue weighted by Gasteiger charge is -2.16. The minimum Gasteiger partial charge on any atom is -0.334 e. The number of imidazole rings is 1. The zero-order valence-electron chi connectivity index (χ0n) is 13.8. The summed E-state index contributed by atoms with van der Waals surface area (Å²) in [6.45, 7) is 8.45. The molecule has 0 aliphatic rings. The van der Waals surface area contributed by atoms with Gasteiger partial charge in [-0.2, -0.15) is 0 Å². The Bertz CT molecular complexity index is 821. The van der Waals surface area contributed by atoms with Crippen molar-refractivity contribution in [3.05, 3.63) is 59.2 Å². The van der Waals surface area contributed by atoms with Gasteiger partial charge in [-0.3, -0.25) is 4.98 Å². The first-order valence-corrected chi connectivity index (χ1v) is 7.51. The van der Waals surface area contributed by atoms with Crippen molar-refractivity contribution in [1.29, 1.82) is 0 Å². The van der Waals surface area contributed by atoms with Crippen LogP contribution in [0, 0.1) is 27.7 Å². The van der Waals surface area contributed by atoms with Crippen LogP contribution >= 0.6 is 0 Å². The van der Waals surface area contributed by atoms with Crippen molar-refractivity contribution in [1.82, 2.24) is 14.5 Å². The van der Waals surface area contributed by atoms with Gasteiger partial charge in [0, 0.05) is 42.0 Å². The van der Waals surface area contributed by atoms with Gasteiger partial charge in [-0.05, 0) is 50.5 Å². The zero-order chi connectivity index (χ0) is 15.9. The number of benzene rings is 1. The lowest BCUT2D eigenvalue weighted by molar-refractivity contribution is 0.923. The number of aromatic nitrogens is 3. The summed E-state index contributed by atoms with van der Waals surface area (Å²) in [4.78, 5) is 9.13. The molecule has 2 aromatic heterocycles. The molecule has 3 aromatic rings. The smallest absolute Gasteiger partial charge is 0.139 e. The molecule has 0 spiro atoms. The Kier molecular flexibility index (Phi) is 3.57. The third-order valence-corrected chi connectivity index (χ3v) is 4.19. The third kappa shape index (κ3) is 2.33. The summed E-state index contributed by atoms with van der Waals surface area (Å²) in [5.74, 6) is 0.995. The lowest BCUT2D eigenvalue weighted by atomic mass is 9.92. The van der Waals surface area contributed by atoms with Crippen LogP contribution in [0.15, 0.2) is 36.7 Å². The summed E-state index contributed by atoms with van der Waals surface area (Å²) in [7, 11) is 2.03. The molecule has 0 radical (unpaired) electrons. The van der Waals surface area contributed by atoms with E-state index in [9.17, 15) is 0 Å². The van der Waals surface area contributed by atoms with E-state index in [0.29, 0.717) is 0 Å². The fraction of sp³-hybridized carbons (Fsp3) is 0.263. The highest BCUT2D eigenvalue weighted by molar-refractivity contribution is 5.78. The van der Waals surface area contributed by atoms with Crippen molar-refractivity contribution in [2.24, 2.45) is 7.05 Å². The Morgan fingerprint density at radius 3 is 2.36 bits per heavy atom. The quantitative estimate of drug-likeness (QED) is 0.701. The topological polar surface area (TPSA) is 30.7 Å². The monoisotopic (exact) mass is 291 g/mol. The van der Waals surface area contributed by atoms with Crippen LogP contribution in [-0.4, -0.2) is 14.5 Å². The van der Waals surface area contributed by atoms with E-state index in [-0.39, 0.29) is 0 Å². The van der Waals surface area contributed by atoms with Crippen molar-refractivity contribution in [3.63, 3.8) is 0 Å². The number of aryl methyl sites for hydroxylation is 4. The molecule has 0 saturated heterocycles. The second-order valence-corrected chi connectivity index (χ2v) is 5.88. The molecule has 0 aliphatic heterocycles. The predicted octanol–water partition coefficient (Wildman–Crippen LogP) is 4.38. The highest BCUT2D eigenvalue weighted by Crippen LogP contribution is 2.34. The highest BCUT2D eigenvalue weighted by Gasteiger charge is 2.14. The Morgan fingerprint density at radius 1 is 1.00 bits per heavy atom. The molecule has 0 saturated carbocycles. The van der Waals surface area contributed by atoms with Crippen molar-refractivity contribution >= 4 is 0 Å². The minimum absolute atomic E-state index is 0.995. The number of pyridine rings is 1. The Hall–Kier alpha value is -2.42. The SMILES string of the molecule is Cc1cc(C)c(-c2cccc(-c3nccn3C)c2C)c(C)n1. The Balaban J connectivity index is 2.25. The number of hydrogen-bond donors (Lipinski definition) is 0. The molecule has 2 heterocycles. The largest absolute Gasteiger partial charge is 0.334 e. The molecule has 0 fully saturated rings. The summed E-state index contributed by atoms with van der Waals surface area (Å²) in [5.41, 5.74) is 8.31. The normalized spacial score (nSPS) is 11.0. The van der Waals surface area contributed by atoms with Gasteiger partial charge in [0.05, 0.1) is 0 Å². The van der Waals surface area contributed by atoms with Crippen LogP contribution in [0.3, 0.4) is 0 Å². The Labute approximate surface area is 131 Å². The fourth-order valence-electron chi connectivity index (χ4n) is 3.20. The van der Waals surface area contributed by atoms with E-state index in [4.69, 9.17) is 0 Å². The van der Waals surface area contributed by atoms with Crippen molar-refractivity contribution in [3.8, 4) is 22.5 Å². The maximum absolute atomic E-state index is 4.64. The number of nitrogens with zero attached hydrogens (tertiary/aromatic N) is 3. The minimum atomic E-state index is 0.995. The highest BCUT2D eigenvalue weighted by atomic mass is 15.0. The van der Waals surface area contributed by atoms with E-state index < -0.39 is 0 Å².